The summed E-state index contributed by atoms with van der Waals surface area (Å²) < 4.78 is 16.0. The number of hydrogen-bond acceptors (Lipinski definition) is 5. The average molecular weight is 366 g/mol. The smallest absolute Gasteiger partial charge is 0.264 e. The van der Waals surface area contributed by atoms with Gasteiger partial charge in [0.05, 0.1) is 7.11 Å². The Kier molecular flexibility index (Phi) is 5.76. The summed E-state index contributed by atoms with van der Waals surface area (Å²) >= 11 is 0. The normalized spacial score (nSPS) is 10.5. The van der Waals surface area contributed by atoms with Crippen molar-refractivity contribution in [3.63, 3.8) is 0 Å². The number of carbonyl (C=O) groups is 1. The number of hydrogen-bond donors (Lipinski definition) is 1. The third kappa shape index (κ3) is 4.67. The Morgan fingerprint density at radius 1 is 1.11 bits per heavy atom. The molecule has 27 heavy (non-hydrogen) atoms. The summed E-state index contributed by atoms with van der Waals surface area (Å²) in [5, 5.41) is 6.64. The summed E-state index contributed by atoms with van der Waals surface area (Å²) in [5.74, 6) is 1.02. The molecule has 0 aliphatic rings. The van der Waals surface area contributed by atoms with E-state index in [0.717, 1.165) is 17.5 Å². The summed E-state index contributed by atoms with van der Waals surface area (Å²) in [6.07, 6.45) is 0.978. The average Bonchev–Trinajstić information content (AvgIpc) is 3.15. The van der Waals surface area contributed by atoms with Crippen LogP contribution < -0.4 is 14.8 Å². The Hall–Kier alpha value is -3.28. The van der Waals surface area contributed by atoms with E-state index in [9.17, 15) is 4.79 Å². The predicted octanol–water partition coefficient (Wildman–Crippen LogP) is 4.24. The maximum Gasteiger partial charge on any atom is 0.264 e. The van der Waals surface area contributed by atoms with Crippen molar-refractivity contribution in [3.05, 3.63) is 59.7 Å². The van der Waals surface area contributed by atoms with Crippen molar-refractivity contribution in [2.45, 2.75) is 20.3 Å². The Labute approximate surface area is 158 Å². The van der Waals surface area contributed by atoms with Gasteiger partial charge in [0.15, 0.2) is 18.1 Å². The summed E-state index contributed by atoms with van der Waals surface area (Å²) in [6, 6.07) is 15.3. The summed E-state index contributed by atoms with van der Waals surface area (Å²) in [4.78, 5) is 12.1. The lowest BCUT2D eigenvalue weighted by molar-refractivity contribution is -0.118. The molecule has 0 aliphatic heterocycles. The van der Waals surface area contributed by atoms with Crippen LogP contribution in [0.4, 0.5) is 5.88 Å². The molecular weight excluding hydrogens is 344 g/mol. The largest absolute Gasteiger partial charge is 0.493 e. The zero-order valence-electron chi connectivity index (χ0n) is 15.6. The van der Waals surface area contributed by atoms with Gasteiger partial charge in [-0.05, 0) is 36.6 Å². The number of aromatic nitrogens is 1. The topological polar surface area (TPSA) is 73.6 Å². The van der Waals surface area contributed by atoms with Crippen LogP contribution in [0.25, 0.3) is 11.3 Å². The van der Waals surface area contributed by atoms with E-state index in [1.807, 2.05) is 43.3 Å². The number of rotatable bonds is 7. The van der Waals surface area contributed by atoms with E-state index >= 15 is 0 Å². The van der Waals surface area contributed by atoms with Gasteiger partial charge in [-0.1, -0.05) is 42.4 Å². The van der Waals surface area contributed by atoms with Gasteiger partial charge in [-0.3, -0.25) is 10.1 Å². The number of anilines is 1. The number of nitrogens with one attached hydrogen (secondary N) is 1. The van der Waals surface area contributed by atoms with E-state index in [-0.39, 0.29) is 18.4 Å². The predicted molar refractivity (Wildman–Crippen MR) is 103 cm³/mol. The van der Waals surface area contributed by atoms with Gasteiger partial charge in [0.2, 0.25) is 5.88 Å². The molecule has 0 unspecified atom stereocenters. The van der Waals surface area contributed by atoms with Crippen molar-refractivity contribution in [2.24, 2.45) is 0 Å². The van der Waals surface area contributed by atoms with E-state index in [1.165, 1.54) is 5.56 Å². The Morgan fingerprint density at radius 3 is 2.59 bits per heavy atom. The van der Waals surface area contributed by atoms with Crippen molar-refractivity contribution >= 4 is 11.8 Å². The Morgan fingerprint density at radius 2 is 1.89 bits per heavy atom. The van der Waals surface area contributed by atoms with Crippen LogP contribution in [-0.4, -0.2) is 24.8 Å². The van der Waals surface area contributed by atoms with Crippen LogP contribution in [0.1, 0.15) is 18.1 Å². The zero-order valence-corrected chi connectivity index (χ0v) is 15.6. The molecule has 0 fully saturated rings. The second kappa shape index (κ2) is 8.40. The first-order valence-electron chi connectivity index (χ1n) is 8.72. The molecule has 0 atom stereocenters. The number of nitrogens with zero attached hydrogens (tertiary/aromatic N) is 1. The lowest BCUT2D eigenvalue weighted by atomic mass is 10.1. The van der Waals surface area contributed by atoms with Crippen LogP contribution in [-0.2, 0) is 11.2 Å². The first-order valence-corrected chi connectivity index (χ1v) is 8.72. The van der Waals surface area contributed by atoms with E-state index < -0.39 is 0 Å². The second-order valence-electron chi connectivity index (χ2n) is 6.12. The highest BCUT2D eigenvalue weighted by molar-refractivity contribution is 5.91. The highest BCUT2D eigenvalue weighted by Crippen LogP contribution is 2.28. The molecule has 0 spiro atoms. The fourth-order valence-electron chi connectivity index (χ4n) is 2.59. The fourth-order valence-corrected chi connectivity index (χ4v) is 2.59. The van der Waals surface area contributed by atoms with Crippen LogP contribution in [0.3, 0.4) is 0 Å². The molecule has 1 aromatic heterocycles. The molecule has 3 aromatic rings. The number of methoxy groups -OCH3 is 1. The van der Waals surface area contributed by atoms with Gasteiger partial charge in [0.25, 0.3) is 5.91 Å². The maximum atomic E-state index is 12.1. The SMILES string of the molecule is CCc1ccc(-c2cc(NC(=O)COc3ccc(C)cc3OC)on2)cc1. The third-order valence-electron chi connectivity index (χ3n) is 4.11. The van der Waals surface area contributed by atoms with E-state index in [0.29, 0.717) is 17.2 Å². The molecule has 6 nitrogen and oxygen atoms in total. The van der Waals surface area contributed by atoms with Gasteiger partial charge in [0.1, 0.15) is 5.69 Å². The van der Waals surface area contributed by atoms with Gasteiger partial charge < -0.3 is 14.0 Å². The van der Waals surface area contributed by atoms with Crippen LogP contribution >= 0.6 is 0 Å². The summed E-state index contributed by atoms with van der Waals surface area (Å²) in [6.45, 7) is 3.89. The molecule has 0 saturated heterocycles. The highest BCUT2D eigenvalue weighted by atomic mass is 16.5. The molecule has 1 heterocycles. The summed E-state index contributed by atoms with van der Waals surface area (Å²) in [7, 11) is 1.56. The molecule has 6 heteroatoms. The van der Waals surface area contributed by atoms with Crippen molar-refractivity contribution in [1.82, 2.24) is 5.16 Å². The number of aryl methyl sites for hydroxylation is 2. The summed E-state index contributed by atoms with van der Waals surface area (Å²) in [5.41, 5.74) is 3.88. The second-order valence-corrected chi connectivity index (χ2v) is 6.12. The van der Waals surface area contributed by atoms with E-state index in [1.54, 1.807) is 19.2 Å². The first kappa shape index (κ1) is 18.5. The third-order valence-corrected chi connectivity index (χ3v) is 4.11. The standard InChI is InChI=1S/C21H22N2O4/c1-4-15-6-8-16(9-7-15)17-12-21(27-23-17)22-20(24)13-26-18-10-5-14(2)11-19(18)25-3/h5-12H,4,13H2,1-3H3,(H,22,24). The van der Waals surface area contributed by atoms with Gasteiger partial charge >= 0.3 is 0 Å². The molecule has 3 rings (SSSR count). The van der Waals surface area contributed by atoms with Gasteiger partial charge in [-0.25, -0.2) is 0 Å². The highest BCUT2D eigenvalue weighted by Gasteiger charge is 2.12. The van der Waals surface area contributed by atoms with Crippen molar-refractivity contribution in [3.8, 4) is 22.8 Å². The van der Waals surface area contributed by atoms with Gasteiger partial charge in [-0.2, -0.15) is 0 Å². The number of carbonyl (C=O) groups excluding carboxylic acids is 1. The van der Waals surface area contributed by atoms with Crippen LogP contribution in [0.5, 0.6) is 11.5 Å². The van der Waals surface area contributed by atoms with Crippen molar-refractivity contribution in [1.29, 1.82) is 0 Å². The maximum absolute atomic E-state index is 12.1. The van der Waals surface area contributed by atoms with Crippen LogP contribution in [0, 0.1) is 6.92 Å². The van der Waals surface area contributed by atoms with E-state index in [4.69, 9.17) is 14.0 Å². The first-order chi connectivity index (χ1) is 13.1. The van der Waals surface area contributed by atoms with Crippen LogP contribution in [0.15, 0.2) is 53.1 Å². The number of ether oxygens (including phenoxy) is 2. The quantitative estimate of drug-likeness (QED) is 0.677. The van der Waals surface area contributed by atoms with E-state index in [2.05, 4.69) is 17.4 Å². The lowest BCUT2D eigenvalue weighted by Gasteiger charge is -2.10. The molecule has 0 aliphatic carbocycles. The molecular formula is C21H22N2O4. The van der Waals surface area contributed by atoms with Gasteiger partial charge in [-0.15, -0.1) is 0 Å². The van der Waals surface area contributed by atoms with Crippen molar-refractivity contribution < 1.29 is 18.8 Å². The van der Waals surface area contributed by atoms with Crippen molar-refractivity contribution in [2.75, 3.05) is 19.0 Å². The Balaban J connectivity index is 1.59. The molecule has 1 amide bonds. The fraction of sp³-hybridized carbons (Fsp3) is 0.238. The molecule has 140 valence electrons. The number of benzene rings is 2. The Bertz CT molecular complexity index is 916. The van der Waals surface area contributed by atoms with Crippen LogP contribution in [0.2, 0.25) is 0 Å². The van der Waals surface area contributed by atoms with Gasteiger partial charge in [0, 0.05) is 11.6 Å². The minimum absolute atomic E-state index is 0.166. The minimum atomic E-state index is -0.346. The molecule has 0 radical (unpaired) electrons. The molecule has 0 bridgehead atoms. The molecule has 1 N–H and O–H groups in total. The monoisotopic (exact) mass is 366 g/mol. The molecule has 0 saturated carbocycles. The zero-order chi connectivity index (χ0) is 19.2. The minimum Gasteiger partial charge on any atom is -0.493 e. The molecule has 2 aromatic carbocycles. The number of amides is 1. The lowest BCUT2D eigenvalue weighted by Crippen LogP contribution is -2.20.